The van der Waals surface area contributed by atoms with Gasteiger partial charge in [-0.25, -0.2) is 9.78 Å². The molecule has 0 spiro atoms. The number of benzene rings is 1. The van der Waals surface area contributed by atoms with E-state index >= 15 is 0 Å². The van der Waals surface area contributed by atoms with Crippen LogP contribution >= 0.6 is 0 Å². The van der Waals surface area contributed by atoms with Gasteiger partial charge in [-0.2, -0.15) is 0 Å². The molecule has 1 saturated carbocycles. The summed E-state index contributed by atoms with van der Waals surface area (Å²) in [5.41, 5.74) is 4.50. The van der Waals surface area contributed by atoms with E-state index in [2.05, 4.69) is 15.6 Å². The van der Waals surface area contributed by atoms with Crippen molar-refractivity contribution in [2.24, 2.45) is 0 Å². The number of rotatable bonds is 3. The molecule has 142 valence electrons. The molecule has 0 bridgehead atoms. The average molecular weight is 376 g/mol. The van der Waals surface area contributed by atoms with Crippen LogP contribution in [0.2, 0.25) is 0 Å². The van der Waals surface area contributed by atoms with Crippen molar-refractivity contribution in [2.75, 3.05) is 12.4 Å². The van der Waals surface area contributed by atoms with Crippen LogP contribution in [0.4, 0.5) is 5.82 Å². The minimum Gasteiger partial charge on any atom is -0.477 e. The Morgan fingerprint density at radius 2 is 2.11 bits per heavy atom. The molecular formula is C21H20N4O3. The summed E-state index contributed by atoms with van der Waals surface area (Å²) in [6.07, 6.45) is 5.39. The summed E-state index contributed by atoms with van der Waals surface area (Å²) in [4.78, 5) is 28.9. The van der Waals surface area contributed by atoms with Crippen LogP contribution in [0.3, 0.4) is 0 Å². The first-order valence-corrected chi connectivity index (χ1v) is 9.40. The van der Waals surface area contributed by atoms with Gasteiger partial charge in [-0.05, 0) is 41.7 Å². The normalized spacial score (nSPS) is 15.6. The highest BCUT2D eigenvalue weighted by atomic mass is 16.4. The number of carboxylic acids is 1. The Bertz CT molecular complexity index is 1190. The molecular weight excluding hydrogens is 356 g/mol. The number of pyridine rings is 2. The van der Waals surface area contributed by atoms with Crippen LogP contribution in [-0.2, 0) is 13.1 Å². The molecule has 0 amide bonds. The quantitative estimate of drug-likeness (QED) is 0.650. The first kappa shape index (κ1) is 16.9. The van der Waals surface area contributed by atoms with Crippen LogP contribution in [0.15, 0.2) is 35.4 Å². The van der Waals surface area contributed by atoms with Crippen molar-refractivity contribution in [2.45, 2.75) is 32.0 Å². The van der Waals surface area contributed by atoms with Gasteiger partial charge in [0.05, 0.1) is 5.52 Å². The molecule has 1 fully saturated rings. The van der Waals surface area contributed by atoms with E-state index in [0.717, 1.165) is 46.4 Å². The van der Waals surface area contributed by atoms with Crippen LogP contribution in [-0.4, -0.2) is 27.7 Å². The van der Waals surface area contributed by atoms with Crippen molar-refractivity contribution >= 4 is 22.7 Å². The molecule has 7 nitrogen and oxygen atoms in total. The number of hydrogen-bond acceptors (Lipinski definition) is 5. The molecule has 5 rings (SSSR count). The van der Waals surface area contributed by atoms with Gasteiger partial charge >= 0.3 is 5.97 Å². The van der Waals surface area contributed by atoms with Crippen LogP contribution in [0.25, 0.3) is 22.0 Å². The highest BCUT2D eigenvalue weighted by molar-refractivity contribution is 5.96. The maximum atomic E-state index is 12.8. The van der Waals surface area contributed by atoms with Gasteiger partial charge in [0.1, 0.15) is 11.4 Å². The topological polar surface area (TPSA) is 96.2 Å². The summed E-state index contributed by atoms with van der Waals surface area (Å²) in [7, 11) is 1.84. The van der Waals surface area contributed by atoms with Gasteiger partial charge in [0.2, 0.25) is 5.43 Å². The number of fused-ring (bicyclic) bond motifs is 5. The molecule has 1 aromatic carbocycles. The largest absolute Gasteiger partial charge is 0.477 e. The molecule has 0 unspecified atom stereocenters. The second-order valence-corrected chi connectivity index (χ2v) is 7.38. The van der Waals surface area contributed by atoms with Crippen molar-refractivity contribution in [1.29, 1.82) is 0 Å². The molecule has 2 aromatic heterocycles. The molecule has 28 heavy (non-hydrogen) atoms. The monoisotopic (exact) mass is 376 g/mol. The third kappa shape index (κ3) is 2.51. The zero-order valence-corrected chi connectivity index (χ0v) is 15.5. The Morgan fingerprint density at radius 1 is 1.29 bits per heavy atom. The SMILES string of the molecule is CNc1cc2c(cn1)-c1ccc3c(=O)c(C(=O)O)cn(C4CC4)c3c1CNC2. The van der Waals surface area contributed by atoms with Crippen molar-refractivity contribution in [3.63, 3.8) is 0 Å². The van der Waals surface area contributed by atoms with Crippen molar-refractivity contribution in [1.82, 2.24) is 14.9 Å². The van der Waals surface area contributed by atoms with E-state index in [1.165, 1.54) is 6.20 Å². The van der Waals surface area contributed by atoms with Gasteiger partial charge in [-0.15, -0.1) is 0 Å². The van der Waals surface area contributed by atoms with Crippen LogP contribution in [0.5, 0.6) is 0 Å². The number of anilines is 1. The molecule has 0 saturated heterocycles. The first-order chi connectivity index (χ1) is 13.6. The van der Waals surface area contributed by atoms with Gasteiger partial charge in [0, 0.05) is 49.5 Å². The van der Waals surface area contributed by atoms with E-state index in [4.69, 9.17) is 0 Å². The van der Waals surface area contributed by atoms with Gasteiger partial charge in [0.25, 0.3) is 0 Å². The zero-order chi connectivity index (χ0) is 19.4. The first-order valence-electron chi connectivity index (χ1n) is 9.40. The van der Waals surface area contributed by atoms with Gasteiger partial charge < -0.3 is 20.3 Å². The lowest BCUT2D eigenvalue weighted by atomic mass is 9.95. The number of nitrogens with zero attached hydrogens (tertiary/aromatic N) is 2. The van der Waals surface area contributed by atoms with Gasteiger partial charge in [-0.1, -0.05) is 6.07 Å². The minimum absolute atomic E-state index is 0.165. The van der Waals surface area contributed by atoms with E-state index in [1.807, 2.05) is 29.9 Å². The van der Waals surface area contributed by atoms with Crippen molar-refractivity contribution in [3.05, 3.63) is 57.5 Å². The Kier molecular flexibility index (Phi) is 3.73. The fraction of sp³-hybridized carbons (Fsp3) is 0.286. The third-order valence-corrected chi connectivity index (χ3v) is 5.62. The molecule has 3 N–H and O–H groups in total. The lowest BCUT2D eigenvalue weighted by Crippen LogP contribution is -2.20. The molecule has 0 atom stereocenters. The second-order valence-electron chi connectivity index (χ2n) is 7.38. The average Bonchev–Trinajstić information content (AvgIpc) is 3.54. The van der Waals surface area contributed by atoms with Crippen LogP contribution in [0, 0.1) is 0 Å². The molecule has 2 aliphatic rings. The number of aromatic carboxylic acids is 1. The Balaban J connectivity index is 1.84. The molecule has 1 aliphatic heterocycles. The second kappa shape index (κ2) is 6.17. The summed E-state index contributed by atoms with van der Waals surface area (Å²) in [6, 6.07) is 5.97. The number of hydrogen-bond donors (Lipinski definition) is 3. The number of carboxylic acid groups (broad SMARTS) is 1. The smallest absolute Gasteiger partial charge is 0.341 e. The van der Waals surface area contributed by atoms with Gasteiger partial charge in [-0.3, -0.25) is 4.79 Å². The van der Waals surface area contributed by atoms with Crippen LogP contribution in [0.1, 0.15) is 40.4 Å². The highest BCUT2D eigenvalue weighted by Gasteiger charge is 2.29. The van der Waals surface area contributed by atoms with Gasteiger partial charge in [0.15, 0.2) is 0 Å². The Morgan fingerprint density at radius 3 is 2.82 bits per heavy atom. The lowest BCUT2D eigenvalue weighted by Gasteiger charge is -2.18. The number of nitrogens with one attached hydrogen (secondary N) is 2. The summed E-state index contributed by atoms with van der Waals surface area (Å²) in [5, 5.41) is 16.5. The predicted octanol–water partition coefficient (Wildman–Crippen LogP) is 2.74. The molecule has 3 heterocycles. The lowest BCUT2D eigenvalue weighted by molar-refractivity contribution is 0.0695. The predicted molar refractivity (Wildman–Crippen MR) is 107 cm³/mol. The summed E-state index contributed by atoms with van der Waals surface area (Å²) < 4.78 is 2.00. The fourth-order valence-corrected chi connectivity index (χ4v) is 4.09. The van der Waals surface area contributed by atoms with E-state index < -0.39 is 11.4 Å². The summed E-state index contributed by atoms with van der Waals surface area (Å²) in [5.74, 6) is -0.366. The van der Waals surface area contributed by atoms with E-state index in [-0.39, 0.29) is 11.6 Å². The maximum absolute atomic E-state index is 12.8. The zero-order valence-electron chi connectivity index (χ0n) is 15.5. The van der Waals surface area contributed by atoms with E-state index in [1.54, 1.807) is 6.07 Å². The number of carbonyl (C=O) groups is 1. The fourth-order valence-electron chi connectivity index (χ4n) is 4.09. The standard InChI is InChI=1S/C21H20N4O3/c1-22-18-6-11-7-23-8-16-13(15(11)9-24-18)4-5-14-19(16)25(12-2-3-12)10-17(20(14)26)21(27)28/h4-6,9-10,12,23H,2-3,7-8H2,1H3,(H,22,24)(H,27,28). The molecule has 3 aromatic rings. The molecule has 0 radical (unpaired) electrons. The van der Waals surface area contributed by atoms with E-state index in [0.29, 0.717) is 18.5 Å². The number of aromatic nitrogens is 2. The van der Waals surface area contributed by atoms with Crippen molar-refractivity contribution in [3.8, 4) is 11.1 Å². The van der Waals surface area contributed by atoms with E-state index in [9.17, 15) is 14.7 Å². The Hall–Kier alpha value is -3.19. The van der Waals surface area contributed by atoms with Crippen LogP contribution < -0.4 is 16.1 Å². The third-order valence-electron chi connectivity index (χ3n) is 5.62. The highest BCUT2D eigenvalue weighted by Crippen LogP contribution is 2.40. The maximum Gasteiger partial charge on any atom is 0.341 e. The summed E-state index contributed by atoms with van der Waals surface area (Å²) >= 11 is 0. The summed E-state index contributed by atoms with van der Waals surface area (Å²) in [6.45, 7) is 1.30. The molecule has 7 heteroatoms. The Labute approximate surface area is 161 Å². The molecule has 1 aliphatic carbocycles. The van der Waals surface area contributed by atoms with Crippen molar-refractivity contribution < 1.29 is 9.90 Å². The minimum atomic E-state index is -1.18.